The first-order chi connectivity index (χ1) is 22.8. The van der Waals surface area contributed by atoms with E-state index in [4.69, 9.17) is 30.8 Å². The van der Waals surface area contributed by atoms with Crippen LogP contribution in [0, 0.1) is 5.82 Å². The lowest BCUT2D eigenvalue weighted by molar-refractivity contribution is -0.0716. The number of fused-ring (bicyclic) bond motifs is 3. The van der Waals surface area contributed by atoms with Crippen LogP contribution in [0.25, 0.3) is 11.0 Å². The zero-order valence-electron chi connectivity index (χ0n) is 25.4. The maximum absolute atomic E-state index is 15.2. The van der Waals surface area contributed by atoms with Crippen molar-refractivity contribution < 1.29 is 28.5 Å². The molecule has 5 aromatic rings. The second-order valence-electron chi connectivity index (χ2n) is 12.0. The van der Waals surface area contributed by atoms with E-state index < -0.39 is 17.6 Å². The summed E-state index contributed by atoms with van der Waals surface area (Å²) in [5.41, 5.74) is 1.99. The normalized spacial score (nSPS) is 22.2. The zero-order valence-corrected chi connectivity index (χ0v) is 26.2. The van der Waals surface area contributed by atoms with Crippen LogP contribution in [0.15, 0.2) is 67.1 Å². The number of halogens is 2. The van der Waals surface area contributed by atoms with Crippen molar-refractivity contribution >= 4 is 34.3 Å². The first kappa shape index (κ1) is 29.7. The number of carbonyl (C=O) groups is 1. The standard InChI is InChI=1S/C33H31ClFN7O5/c1-33(28-7-6-21(34)16-36-28)46-27-5-2-4-23(31(27)47-33)41-12-10-39(25-18-45-19-26(25)41)17-29-38-30-22(35)14-20(32(43)44)15-24(30)42(29)13-11-40-9-3-8-37-40/h2-9,14-16,25-26H,10-13,17-19H2,1H3,(H,43,44)/t25-,26+,33+/m1/s1. The maximum Gasteiger partial charge on any atom is 0.335 e. The highest BCUT2D eigenvalue weighted by molar-refractivity contribution is 6.30. The molecule has 0 unspecified atom stereocenters. The third-order valence-electron chi connectivity index (χ3n) is 9.17. The van der Waals surface area contributed by atoms with Crippen molar-refractivity contribution in [3.8, 4) is 11.5 Å². The van der Waals surface area contributed by atoms with Gasteiger partial charge < -0.3 is 28.8 Å². The fourth-order valence-corrected chi connectivity index (χ4v) is 6.98. The molecule has 1 N–H and O–H groups in total. The number of pyridine rings is 1. The van der Waals surface area contributed by atoms with Crippen molar-refractivity contribution in [2.24, 2.45) is 0 Å². The van der Waals surface area contributed by atoms with Gasteiger partial charge in [0.15, 0.2) is 17.3 Å². The summed E-state index contributed by atoms with van der Waals surface area (Å²) in [6, 6.07) is 13.8. The minimum absolute atomic E-state index is 0.0108. The van der Waals surface area contributed by atoms with Gasteiger partial charge >= 0.3 is 5.97 Å². The topological polar surface area (TPSA) is 120 Å². The van der Waals surface area contributed by atoms with E-state index in [9.17, 15) is 9.90 Å². The number of nitrogens with zero attached hydrogens (tertiary/aromatic N) is 7. The van der Waals surface area contributed by atoms with Crippen LogP contribution in [0.2, 0.25) is 5.02 Å². The minimum Gasteiger partial charge on any atom is -0.478 e. The fourth-order valence-electron chi connectivity index (χ4n) is 6.87. The number of anilines is 1. The highest BCUT2D eigenvalue weighted by Crippen LogP contribution is 2.50. The number of carboxylic acids is 1. The van der Waals surface area contributed by atoms with Crippen LogP contribution < -0.4 is 14.4 Å². The number of piperazine rings is 1. The number of benzene rings is 2. The summed E-state index contributed by atoms with van der Waals surface area (Å²) < 4.78 is 37.8. The molecular formula is C33H31ClFN7O5. The molecular weight excluding hydrogens is 629 g/mol. The molecule has 0 amide bonds. The van der Waals surface area contributed by atoms with E-state index in [0.29, 0.717) is 79.5 Å². The number of hydrogen-bond acceptors (Lipinski definition) is 9. The minimum atomic E-state index is -1.19. The van der Waals surface area contributed by atoms with E-state index in [1.54, 1.807) is 29.2 Å². The molecule has 6 heterocycles. The molecule has 0 saturated carbocycles. The van der Waals surface area contributed by atoms with Gasteiger partial charge in [0.25, 0.3) is 5.79 Å². The lowest BCUT2D eigenvalue weighted by Crippen LogP contribution is -2.59. The number of carboxylic acid groups (broad SMARTS) is 1. The highest BCUT2D eigenvalue weighted by Gasteiger charge is 2.46. The summed E-state index contributed by atoms with van der Waals surface area (Å²) in [4.78, 5) is 25.6. The molecule has 2 saturated heterocycles. The molecule has 0 aliphatic carbocycles. The predicted molar refractivity (Wildman–Crippen MR) is 169 cm³/mol. The summed E-state index contributed by atoms with van der Waals surface area (Å²) in [5, 5.41) is 14.4. The molecule has 0 bridgehead atoms. The molecule has 12 nitrogen and oxygen atoms in total. The summed E-state index contributed by atoms with van der Waals surface area (Å²) >= 11 is 6.07. The van der Waals surface area contributed by atoms with E-state index in [1.807, 2.05) is 42.0 Å². The van der Waals surface area contributed by atoms with Gasteiger partial charge in [-0.2, -0.15) is 5.10 Å². The second-order valence-corrected chi connectivity index (χ2v) is 12.5. The summed E-state index contributed by atoms with van der Waals surface area (Å²) in [6.45, 7) is 5.61. The second kappa shape index (κ2) is 11.5. The SMILES string of the molecule is C[C@]1(c2ccc(Cl)cn2)Oc2cccc(N3CCN(Cc4nc5c(F)cc(C(=O)O)cc5n4CCn4cccn4)[C@@H]4COC[C@@H]43)c2O1. The number of imidazole rings is 1. The molecule has 14 heteroatoms. The zero-order chi connectivity index (χ0) is 32.3. The van der Waals surface area contributed by atoms with Crippen LogP contribution in [0.5, 0.6) is 11.5 Å². The Bertz CT molecular complexity index is 1970. The molecule has 2 aromatic carbocycles. The molecule has 3 aliphatic rings. The molecule has 2 fully saturated rings. The smallest absolute Gasteiger partial charge is 0.335 e. The van der Waals surface area contributed by atoms with Crippen LogP contribution in [-0.4, -0.2) is 78.7 Å². The summed E-state index contributed by atoms with van der Waals surface area (Å²) in [5.74, 6) is -1.03. The Morgan fingerprint density at radius 3 is 2.77 bits per heavy atom. The van der Waals surface area contributed by atoms with Crippen LogP contribution in [0.3, 0.4) is 0 Å². The fraction of sp³-hybridized carbons (Fsp3) is 0.333. The lowest BCUT2D eigenvalue weighted by atomic mass is 10.0. The van der Waals surface area contributed by atoms with Gasteiger partial charge in [0.1, 0.15) is 17.0 Å². The monoisotopic (exact) mass is 659 g/mol. The number of aromatic nitrogens is 5. The van der Waals surface area contributed by atoms with Gasteiger partial charge in [-0.3, -0.25) is 14.6 Å². The summed E-state index contributed by atoms with van der Waals surface area (Å²) in [7, 11) is 0. The van der Waals surface area contributed by atoms with Gasteiger partial charge in [-0.15, -0.1) is 0 Å². The predicted octanol–water partition coefficient (Wildman–Crippen LogP) is 4.55. The number of aryl methyl sites for hydroxylation is 2. The van der Waals surface area contributed by atoms with Gasteiger partial charge in [-0.1, -0.05) is 17.7 Å². The molecule has 3 aliphatic heterocycles. The molecule has 0 spiro atoms. The average Bonchev–Trinajstić information content (AvgIpc) is 3.86. The van der Waals surface area contributed by atoms with E-state index in [0.717, 1.165) is 11.8 Å². The van der Waals surface area contributed by atoms with Crippen LogP contribution in [0.4, 0.5) is 10.1 Å². The molecule has 0 radical (unpaired) electrons. The van der Waals surface area contributed by atoms with Gasteiger partial charge in [-0.25, -0.2) is 14.2 Å². The van der Waals surface area contributed by atoms with Crippen LogP contribution in [0.1, 0.15) is 28.8 Å². The lowest BCUT2D eigenvalue weighted by Gasteiger charge is -2.44. The Morgan fingerprint density at radius 2 is 1.98 bits per heavy atom. The molecule has 3 atom stereocenters. The Balaban J connectivity index is 1.08. The first-order valence-electron chi connectivity index (χ1n) is 15.4. The maximum atomic E-state index is 15.2. The largest absolute Gasteiger partial charge is 0.478 e. The average molecular weight is 660 g/mol. The molecule has 242 valence electrons. The van der Waals surface area contributed by atoms with Crippen molar-refractivity contribution in [1.82, 2.24) is 29.2 Å². The Kier molecular flexibility index (Phi) is 7.27. The van der Waals surface area contributed by atoms with Gasteiger partial charge in [0.2, 0.25) is 0 Å². The van der Waals surface area contributed by atoms with Gasteiger partial charge in [-0.05, 0) is 42.5 Å². The van der Waals surface area contributed by atoms with Crippen LogP contribution in [-0.2, 0) is 30.2 Å². The van der Waals surface area contributed by atoms with E-state index in [2.05, 4.69) is 19.9 Å². The van der Waals surface area contributed by atoms with Crippen molar-refractivity contribution in [2.75, 3.05) is 31.2 Å². The van der Waals surface area contributed by atoms with Gasteiger partial charge in [0.05, 0.1) is 60.2 Å². The third-order valence-corrected chi connectivity index (χ3v) is 9.39. The number of hydrogen-bond donors (Lipinski definition) is 1. The number of para-hydroxylation sites is 1. The quantitative estimate of drug-likeness (QED) is 0.254. The number of rotatable bonds is 8. The van der Waals surface area contributed by atoms with Crippen molar-refractivity contribution in [3.63, 3.8) is 0 Å². The summed E-state index contributed by atoms with van der Waals surface area (Å²) in [6.07, 6.45) is 5.12. The highest BCUT2D eigenvalue weighted by atomic mass is 35.5. The van der Waals surface area contributed by atoms with Gasteiger partial charge in [0, 0.05) is 45.1 Å². The number of ether oxygens (including phenoxy) is 3. The van der Waals surface area contributed by atoms with Crippen molar-refractivity contribution in [1.29, 1.82) is 0 Å². The van der Waals surface area contributed by atoms with E-state index >= 15 is 4.39 Å². The number of aromatic carboxylic acids is 1. The first-order valence-corrected chi connectivity index (χ1v) is 15.8. The Hall–Kier alpha value is -4.72. The van der Waals surface area contributed by atoms with E-state index in [1.165, 1.54) is 6.07 Å². The Labute approximate surface area is 273 Å². The molecule has 47 heavy (non-hydrogen) atoms. The van der Waals surface area contributed by atoms with E-state index in [-0.39, 0.29) is 23.2 Å². The van der Waals surface area contributed by atoms with Crippen LogP contribution >= 0.6 is 11.6 Å². The third kappa shape index (κ3) is 5.24. The van der Waals surface area contributed by atoms with Crippen molar-refractivity contribution in [2.45, 2.75) is 44.4 Å². The molecule has 8 rings (SSSR count). The molecule has 3 aromatic heterocycles. The van der Waals surface area contributed by atoms with Crippen molar-refractivity contribution in [3.05, 3.63) is 95.0 Å². The Morgan fingerprint density at radius 1 is 1.11 bits per heavy atom.